The topological polar surface area (TPSA) is 287 Å². The summed E-state index contributed by atoms with van der Waals surface area (Å²) in [4.78, 5) is 63.4. The van der Waals surface area contributed by atoms with E-state index in [1.807, 2.05) is 0 Å². The highest BCUT2D eigenvalue weighted by molar-refractivity contribution is 6.30. The number of phenolic OH excluding ortho intramolecular Hbond substituents is 2. The van der Waals surface area contributed by atoms with Crippen molar-refractivity contribution in [1.29, 1.82) is 0 Å². The number of imidazole rings is 1. The third kappa shape index (κ3) is 7.09. The third-order valence-corrected chi connectivity index (χ3v) is 9.10. The fourth-order valence-corrected chi connectivity index (χ4v) is 6.43. The minimum atomic E-state index is -1.97. The third-order valence-electron chi connectivity index (χ3n) is 9.10. The van der Waals surface area contributed by atoms with Crippen molar-refractivity contribution in [2.75, 3.05) is 13.2 Å². The molecular weight excluding hydrogens is 674 g/mol. The second-order valence-corrected chi connectivity index (χ2v) is 12.5. The fourth-order valence-electron chi connectivity index (χ4n) is 6.43. The molecule has 0 radical (unpaired) electrons. The van der Waals surface area contributed by atoms with E-state index >= 15 is 0 Å². The summed E-state index contributed by atoms with van der Waals surface area (Å²) in [6.45, 7) is 2.57. The van der Waals surface area contributed by atoms with Gasteiger partial charge in [-0.05, 0) is 18.8 Å². The number of rotatable bonds is 8. The van der Waals surface area contributed by atoms with Gasteiger partial charge in [0.05, 0.1) is 36.0 Å². The molecule has 6 rings (SSSR count). The van der Waals surface area contributed by atoms with Crippen LogP contribution in [-0.4, -0.2) is 107 Å². The Balaban J connectivity index is 0.000000283. The Morgan fingerprint density at radius 1 is 1.18 bits per heavy atom. The van der Waals surface area contributed by atoms with Crippen LogP contribution in [0.5, 0.6) is 11.5 Å². The normalized spacial score (nSPS) is 25.1. The smallest absolute Gasteiger partial charge is 0.435 e. The van der Waals surface area contributed by atoms with Gasteiger partial charge >= 0.3 is 5.95 Å². The molecule has 0 unspecified atom stereocenters. The van der Waals surface area contributed by atoms with Crippen LogP contribution in [-0.2, 0) is 32.0 Å². The Hall–Kier alpha value is -5.11. The number of hydrogen-bond donors (Lipinski definition) is 7. The average Bonchev–Trinajstić information content (AvgIpc) is 3.55. The Kier molecular flexibility index (Phi) is 10.7. The number of aliphatic hydroxyl groups excluding tert-OH is 2. The minimum Gasteiger partial charge on any atom is -0.507 e. The van der Waals surface area contributed by atoms with Crippen LogP contribution in [0, 0.1) is 10.1 Å². The first kappa shape index (κ1) is 37.2. The SMILES string of the molecule is CC(=O)[C@]1(O)Cc2c(O)c3c(c(O)c2[C@@H](O[C@H]2C[C@H](N)[C@H](O)[C@H](C)O2)C1)C(=O)c1ccccc1C3=O.O=C(Cn1ccnc1[N+](=O)[O-])NCCO. The molecule has 3 aliphatic rings. The number of ketones is 3. The molecule has 0 bridgehead atoms. The monoisotopic (exact) mass is 711 g/mol. The first-order valence-corrected chi connectivity index (χ1v) is 15.9. The Bertz CT molecular complexity index is 1880. The number of carbonyl (C=O) groups excluding carboxylic acids is 4. The number of nitrogens with two attached hydrogens (primary N) is 1. The minimum absolute atomic E-state index is 0.00588. The standard InChI is InChI=1S/C26H27NO9.C7H10N4O4/c1-10-21(29)15(27)7-17(35-10)36-16-9-26(34,11(2)28)8-14-18(16)25(33)20-19(24(14)32)22(30)12-5-3-4-6-13(12)23(20)31;12-4-2-8-6(13)5-10-3-1-9-7(10)11(14)15/h3-6,10,15-17,21,29,32-34H,7-9,27H2,1-2H3;1,3,12H,2,4-5H2,(H,8,13)/t10-,15-,16-,17-,21+,26-;/m0./s1. The van der Waals surface area contributed by atoms with E-state index in [2.05, 4.69) is 10.3 Å². The van der Waals surface area contributed by atoms with E-state index in [-0.39, 0.29) is 71.9 Å². The molecule has 1 aromatic heterocycles. The highest BCUT2D eigenvalue weighted by atomic mass is 16.7. The van der Waals surface area contributed by atoms with Gasteiger partial charge in [0.1, 0.15) is 29.5 Å². The number of Topliss-reactive ketones (excluding diaryl/α,β-unsaturated/α-hetero) is 1. The molecule has 8 N–H and O–H groups in total. The molecule has 2 aromatic carbocycles. The van der Waals surface area contributed by atoms with Gasteiger partial charge in [-0.2, -0.15) is 0 Å². The molecule has 18 nitrogen and oxygen atoms in total. The van der Waals surface area contributed by atoms with Crippen molar-refractivity contribution < 1.29 is 59.1 Å². The summed E-state index contributed by atoms with van der Waals surface area (Å²) in [5, 5.41) is 65.1. The summed E-state index contributed by atoms with van der Waals surface area (Å²) in [5.74, 6) is -3.85. The summed E-state index contributed by atoms with van der Waals surface area (Å²) in [5.41, 5.74) is 3.38. The molecule has 51 heavy (non-hydrogen) atoms. The van der Waals surface area contributed by atoms with Crippen LogP contribution in [0.1, 0.15) is 75.8 Å². The summed E-state index contributed by atoms with van der Waals surface area (Å²) >= 11 is 0. The number of aliphatic hydroxyl groups is 3. The van der Waals surface area contributed by atoms with Gasteiger partial charge in [0.25, 0.3) is 5.91 Å². The number of amides is 1. The van der Waals surface area contributed by atoms with Crippen molar-refractivity contribution in [1.82, 2.24) is 14.9 Å². The van der Waals surface area contributed by atoms with Crippen LogP contribution >= 0.6 is 0 Å². The van der Waals surface area contributed by atoms with Crippen molar-refractivity contribution in [2.45, 2.75) is 75.9 Å². The van der Waals surface area contributed by atoms with E-state index in [0.29, 0.717) is 0 Å². The Labute approximate surface area is 289 Å². The quantitative estimate of drug-likeness (QED) is 0.0715. The first-order chi connectivity index (χ1) is 24.1. The summed E-state index contributed by atoms with van der Waals surface area (Å²) in [7, 11) is 0. The summed E-state index contributed by atoms with van der Waals surface area (Å²) < 4.78 is 12.9. The number of phenols is 2. The van der Waals surface area contributed by atoms with E-state index in [1.165, 1.54) is 31.5 Å². The number of aromatic hydroxyl groups is 2. The molecule has 1 fully saturated rings. The lowest BCUT2D eigenvalue weighted by Gasteiger charge is -2.42. The molecule has 1 aliphatic heterocycles. The van der Waals surface area contributed by atoms with Gasteiger partial charge in [-0.15, -0.1) is 0 Å². The van der Waals surface area contributed by atoms with E-state index in [1.54, 1.807) is 19.1 Å². The second-order valence-electron chi connectivity index (χ2n) is 12.5. The molecule has 3 aromatic rings. The highest BCUT2D eigenvalue weighted by Gasteiger charge is 2.49. The maximum atomic E-state index is 13.3. The summed E-state index contributed by atoms with van der Waals surface area (Å²) in [6.07, 6.45) is -1.79. The van der Waals surface area contributed by atoms with Gasteiger partial charge in [0.15, 0.2) is 30.2 Å². The Morgan fingerprint density at radius 2 is 1.80 bits per heavy atom. The van der Waals surface area contributed by atoms with Crippen molar-refractivity contribution in [3.63, 3.8) is 0 Å². The zero-order valence-corrected chi connectivity index (χ0v) is 27.5. The van der Waals surface area contributed by atoms with Crippen LogP contribution in [0.25, 0.3) is 0 Å². The molecule has 0 saturated carbocycles. The van der Waals surface area contributed by atoms with Gasteiger partial charge in [-0.1, -0.05) is 29.2 Å². The van der Waals surface area contributed by atoms with Crippen LogP contribution in [0.2, 0.25) is 0 Å². The van der Waals surface area contributed by atoms with Crippen molar-refractivity contribution in [2.24, 2.45) is 5.73 Å². The average molecular weight is 712 g/mol. The predicted octanol–water partition coefficient (Wildman–Crippen LogP) is -0.0799. The largest absolute Gasteiger partial charge is 0.507 e. The molecular formula is C33H37N5O13. The van der Waals surface area contributed by atoms with E-state index in [4.69, 9.17) is 20.3 Å². The van der Waals surface area contributed by atoms with Crippen LogP contribution in [0.3, 0.4) is 0 Å². The van der Waals surface area contributed by atoms with Gasteiger partial charge < -0.3 is 56.2 Å². The van der Waals surface area contributed by atoms with E-state index in [9.17, 15) is 49.7 Å². The molecule has 272 valence electrons. The molecule has 6 atom stereocenters. The van der Waals surface area contributed by atoms with Crippen LogP contribution in [0.15, 0.2) is 36.7 Å². The fraction of sp³-hybridized carbons (Fsp3) is 0.424. The number of benzene rings is 2. The lowest BCUT2D eigenvalue weighted by Crippen LogP contribution is -2.52. The van der Waals surface area contributed by atoms with Crippen molar-refractivity contribution in [3.05, 3.63) is 80.2 Å². The second kappa shape index (κ2) is 14.6. The molecule has 0 spiro atoms. The maximum absolute atomic E-state index is 13.3. The number of hydrogen-bond acceptors (Lipinski definition) is 15. The number of fused-ring (bicyclic) bond motifs is 3. The first-order valence-electron chi connectivity index (χ1n) is 15.9. The van der Waals surface area contributed by atoms with E-state index < -0.39 is 82.3 Å². The number of carbonyl (C=O) groups is 4. The van der Waals surface area contributed by atoms with Crippen LogP contribution < -0.4 is 11.1 Å². The van der Waals surface area contributed by atoms with Crippen molar-refractivity contribution >= 4 is 29.2 Å². The lowest BCUT2D eigenvalue weighted by atomic mass is 9.72. The number of nitrogens with one attached hydrogen (secondary N) is 1. The molecule has 1 amide bonds. The molecule has 2 heterocycles. The number of aromatic nitrogens is 2. The zero-order valence-electron chi connectivity index (χ0n) is 27.5. The number of ether oxygens (including phenoxy) is 2. The van der Waals surface area contributed by atoms with Gasteiger partial charge in [-0.3, -0.25) is 19.2 Å². The summed E-state index contributed by atoms with van der Waals surface area (Å²) in [6, 6.07) is 5.40. The number of nitro groups is 1. The van der Waals surface area contributed by atoms with Gasteiger partial charge in [0.2, 0.25) is 0 Å². The zero-order chi connectivity index (χ0) is 37.4. The molecule has 1 saturated heterocycles. The molecule has 2 aliphatic carbocycles. The molecule has 18 heteroatoms. The maximum Gasteiger partial charge on any atom is 0.435 e. The van der Waals surface area contributed by atoms with Gasteiger partial charge in [-0.25, -0.2) is 4.57 Å². The Morgan fingerprint density at radius 3 is 2.37 bits per heavy atom. The number of nitrogens with zero attached hydrogens (tertiary/aromatic N) is 3. The van der Waals surface area contributed by atoms with Crippen molar-refractivity contribution in [3.8, 4) is 11.5 Å². The predicted molar refractivity (Wildman–Crippen MR) is 173 cm³/mol. The van der Waals surface area contributed by atoms with Gasteiger partial charge in [0, 0.05) is 54.1 Å². The lowest BCUT2D eigenvalue weighted by molar-refractivity contribution is -0.396. The van der Waals surface area contributed by atoms with Crippen LogP contribution in [0.4, 0.5) is 5.95 Å². The highest BCUT2D eigenvalue weighted by Crippen LogP contribution is 2.52. The van der Waals surface area contributed by atoms with E-state index in [0.717, 1.165) is 4.57 Å².